The smallest absolute Gasteiger partial charge is 0.283 e. The van der Waals surface area contributed by atoms with E-state index < -0.39 is 0 Å². The molecule has 4 aromatic rings. The van der Waals surface area contributed by atoms with Gasteiger partial charge < -0.3 is 4.57 Å². The zero-order valence-corrected chi connectivity index (χ0v) is 13.4. The van der Waals surface area contributed by atoms with Crippen molar-refractivity contribution in [3.05, 3.63) is 81.0 Å². The van der Waals surface area contributed by atoms with E-state index in [2.05, 4.69) is 20.1 Å². The third-order valence-corrected chi connectivity index (χ3v) is 4.03. The molecule has 4 aromatic heterocycles. The van der Waals surface area contributed by atoms with Gasteiger partial charge in [0.25, 0.3) is 17.1 Å². The molecule has 0 unspecified atom stereocenters. The van der Waals surface area contributed by atoms with E-state index in [-0.39, 0.29) is 17.1 Å². The van der Waals surface area contributed by atoms with Crippen LogP contribution in [-0.2, 0) is 6.54 Å². The molecular weight excluding hydrogens is 320 g/mol. The van der Waals surface area contributed by atoms with Crippen molar-refractivity contribution in [2.24, 2.45) is 0 Å². The maximum Gasteiger partial charge on any atom is 0.283 e. The summed E-state index contributed by atoms with van der Waals surface area (Å²) >= 11 is 0. The quantitative estimate of drug-likeness (QED) is 0.603. The van der Waals surface area contributed by atoms with E-state index in [1.165, 1.54) is 10.7 Å². The van der Waals surface area contributed by atoms with Crippen LogP contribution in [0.15, 0.2) is 58.6 Å². The van der Waals surface area contributed by atoms with Crippen LogP contribution >= 0.6 is 0 Å². The van der Waals surface area contributed by atoms with Crippen LogP contribution in [0.25, 0.3) is 16.9 Å². The third-order valence-electron chi connectivity index (χ3n) is 4.03. The zero-order chi connectivity index (χ0) is 17.4. The minimum atomic E-state index is -0.293. The maximum atomic E-state index is 12.8. The predicted molar refractivity (Wildman–Crippen MR) is 91.8 cm³/mol. The van der Waals surface area contributed by atoms with Gasteiger partial charge in [-0.15, -0.1) is 0 Å². The summed E-state index contributed by atoms with van der Waals surface area (Å²) in [7, 11) is 0. The molecule has 4 rings (SSSR count). The van der Waals surface area contributed by atoms with Crippen LogP contribution in [0.2, 0.25) is 0 Å². The second-order valence-electron chi connectivity index (χ2n) is 5.61. The number of nitrogens with zero attached hydrogens (tertiary/aromatic N) is 5. The monoisotopic (exact) mass is 334 g/mol. The predicted octanol–water partition coefficient (Wildman–Crippen LogP) is 1.02. The molecule has 0 aliphatic heterocycles. The highest BCUT2D eigenvalue weighted by Gasteiger charge is 2.16. The van der Waals surface area contributed by atoms with Crippen LogP contribution in [0.1, 0.15) is 11.3 Å². The lowest BCUT2D eigenvalue weighted by atomic mass is 10.2. The molecule has 0 atom stereocenters. The molecule has 0 fully saturated rings. The van der Waals surface area contributed by atoms with Crippen molar-refractivity contribution in [3.8, 4) is 5.95 Å². The van der Waals surface area contributed by atoms with E-state index in [1.54, 1.807) is 42.3 Å². The average Bonchev–Trinajstić information content (AvgIpc) is 2.96. The molecule has 25 heavy (non-hydrogen) atoms. The molecule has 0 bridgehead atoms. The van der Waals surface area contributed by atoms with Gasteiger partial charge in [-0.3, -0.25) is 19.7 Å². The van der Waals surface area contributed by atoms with Gasteiger partial charge >= 0.3 is 0 Å². The normalized spacial score (nSPS) is 11.1. The number of aryl methyl sites for hydroxylation is 1. The van der Waals surface area contributed by atoms with Gasteiger partial charge in [0.15, 0.2) is 0 Å². The Bertz CT molecular complexity index is 1160. The zero-order valence-electron chi connectivity index (χ0n) is 13.4. The number of pyridine rings is 2. The van der Waals surface area contributed by atoms with Gasteiger partial charge in [0.2, 0.25) is 0 Å². The number of H-pyrrole nitrogens is 1. The standard InChI is InChI=1S/C17H14N6O2/c1-11-15-13(21-23(16(15)25)17-19-6-3-7-20-17)8-14(24)22(11)10-12-4-2-5-18-9-12/h2-9,21H,10H2,1H3. The Morgan fingerprint density at radius 1 is 1.12 bits per heavy atom. The van der Waals surface area contributed by atoms with E-state index in [1.807, 2.05) is 12.1 Å². The molecule has 8 heteroatoms. The summed E-state index contributed by atoms with van der Waals surface area (Å²) in [6, 6.07) is 6.78. The Hall–Kier alpha value is -3.55. The fourth-order valence-electron chi connectivity index (χ4n) is 2.83. The van der Waals surface area contributed by atoms with Crippen LogP contribution in [-0.4, -0.2) is 29.3 Å². The van der Waals surface area contributed by atoms with Crippen LogP contribution in [0, 0.1) is 6.92 Å². The minimum absolute atomic E-state index is 0.198. The van der Waals surface area contributed by atoms with Crippen molar-refractivity contribution in [2.45, 2.75) is 13.5 Å². The Balaban J connectivity index is 1.92. The minimum Gasteiger partial charge on any atom is -0.308 e. The summed E-state index contributed by atoms with van der Waals surface area (Å²) < 4.78 is 2.80. The largest absolute Gasteiger partial charge is 0.308 e. The molecular formula is C17H14N6O2. The fraction of sp³-hybridized carbons (Fsp3) is 0.118. The summed E-state index contributed by atoms with van der Waals surface area (Å²) in [6.45, 7) is 2.10. The second-order valence-corrected chi connectivity index (χ2v) is 5.61. The van der Waals surface area contributed by atoms with E-state index >= 15 is 0 Å². The van der Waals surface area contributed by atoms with Gasteiger partial charge in [-0.25, -0.2) is 9.97 Å². The second kappa shape index (κ2) is 5.82. The van der Waals surface area contributed by atoms with Crippen LogP contribution in [0.3, 0.4) is 0 Å². The van der Waals surface area contributed by atoms with Gasteiger partial charge in [-0.2, -0.15) is 4.68 Å². The molecule has 124 valence electrons. The summed E-state index contributed by atoms with van der Waals surface area (Å²) in [5.41, 5.74) is 1.44. The molecule has 0 saturated carbocycles. The number of rotatable bonds is 3. The summed E-state index contributed by atoms with van der Waals surface area (Å²) in [6.07, 6.45) is 6.47. The molecule has 0 radical (unpaired) electrons. The van der Waals surface area contributed by atoms with E-state index in [0.29, 0.717) is 23.1 Å². The van der Waals surface area contributed by atoms with Crippen LogP contribution in [0.5, 0.6) is 0 Å². The molecule has 0 amide bonds. The first-order valence-electron chi connectivity index (χ1n) is 7.66. The van der Waals surface area contributed by atoms with Gasteiger partial charge in [-0.05, 0) is 24.6 Å². The first-order valence-corrected chi connectivity index (χ1v) is 7.66. The van der Waals surface area contributed by atoms with Crippen molar-refractivity contribution in [1.82, 2.24) is 29.3 Å². The molecule has 0 aromatic carbocycles. The third kappa shape index (κ3) is 2.53. The highest BCUT2D eigenvalue weighted by Crippen LogP contribution is 2.13. The molecule has 4 heterocycles. The molecule has 0 aliphatic rings. The first kappa shape index (κ1) is 15.0. The number of aromatic amines is 1. The Morgan fingerprint density at radius 2 is 1.92 bits per heavy atom. The molecule has 0 saturated heterocycles. The SMILES string of the molecule is Cc1c2c(=O)n(-c3ncccn3)[nH]c2cc(=O)n1Cc1cccnc1. The number of nitrogens with one attached hydrogen (secondary N) is 1. The van der Waals surface area contributed by atoms with Crippen LogP contribution < -0.4 is 11.1 Å². The lowest BCUT2D eigenvalue weighted by molar-refractivity contribution is 0.735. The van der Waals surface area contributed by atoms with Gasteiger partial charge in [0.05, 0.1) is 17.4 Å². The molecule has 0 aliphatic carbocycles. The Kier molecular flexibility index (Phi) is 3.50. The molecule has 1 N–H and O–H groups in total. The fourth-order valence-corrected chi connectivity index (χ4v) is 2.83. The number of hydrogen-bond acceptors (Lipinski definition) is 5. The van der Waals surface area contributed by atoms with E-state index in [0.717, 1.165) is 5.56 Å². The number of hydrogen-bond donors (Lipinski definition) is 1. The highest BCUT2D eigenvalue weighted by molar-refractivity contribution is 5.80. The number of aromatic nitrogens is 6. The lowest BCUT2D eigenvalue weighted by Gasteiger charge is -2.09. The average molecular weight is 334 g/mol. The first-order chi connectivity index (χ1) is 12.1. The maximum absolute atomic E-state index is 12.8. The molecule has 8 nitrogen and oxygen atoms in total. The van der Waals surface area contributed by atoms with E-state index in [9.17, 15) is 9.59 Å². The summed E-state index contributed by atoms with van der Waals surface area (Å²) in [5.74, 6) is 0.231. The lowest BCUT2D eigenvalue weighted by Crippen LogP contribution is -2.24. The summed E-state index contributed by atoms with van der Waals surface area (Å²) in [4.78, 5) is 37.5. The van der Waals surface area contributed by atoms with Crippen molar-refractivity contribution in [1.29, 1.82) is 0 Å². The van der Waals surface area contributed by atoms with Crippen molar-refractivity contribution in [2.75, 3.05) is 0 Å². The van der Waals surface area contributed by atoms with Crippen molar-refractivity contribution in [3.63, 3.8) is 0 Å². The number of fused-ring (bicyclic) bond motifs is 1. The van der Waals surface area contributed by atoms with E-state index in [4.69, 9.17) is 0 Å². The Labute approximate surface area is 141 Å². The van der Waals surface area contributed by atoms with Crippen molar-refractivity contribution >= 4 is 10.9 Å². The highest BCUT2D eigenvalue weighted by atomic mass is 16.1. The Morgan fingerprint density at radius 3 is 2.64 bits per heavy atom. The molecule has 0 spiro atoms. The summed E-state index contributed by atoms with van der Waals surface area (Å²) in [5, 5.41) is 3.35. The van der Waals surface area contributed by atoms with Crippen molar-refractivity contribution < 1.29 is 0 Å². The topological polar surface area (TPSA) is 98.5 Å². The van der Waals surface area contributed by atoms with Gasteiger partial charge in [0.1, 0.15) is 0 Å². The van der Waals surface area contributed by atoms with Crippen LogP contribution in [0.4, 0.5) is 0 Å². The van der Waals surface area contributed by atoms with Gasteiger partial charge in [-0.1, -0.05) is 6.07 Å². The van der Waals surface area contributed by atoms with Gasteiger partial charge in [0, 0.05) is 36.5 Å².